The lowest BCUT2D eigenvalue weighted by molar-refractivity contribution is -0.144. The molecule has 1 heterocycles. The van der Waals surface area contributed by atoms with Gasteiger partial charge in [-0.15, -0.1) is 0 Å². The summed E-state index contributed by atoms with van der Waals surface area (Å²) < 4.78 is 4.90. The number of hydrogen-bond donors (Lipinski definition) is 0. The van der Waals surface area contributed by atoms with Crippen LogP contribution < -0.4 is 0 Å². The van der Waals surface area contributed by atoms with Crippen LogP contribution in [0, 0.1) is 0 Å². The van der Waals surface area contributed by atoms with Crippen molar-refractivity contribution in [2.45, 2.75) is 26.3 Å². The number of fused-ring (bicyclic) bond motifs is 1. The van der Waals surface area contributed by atoms with E-state index in [4.69, 9.17) is 4.74 Å². The Labute approximate surface area is 99.4 Å². The zero-order chi connectivity index (χ0) is 12.3. The molecular formula is C12H15N3O2. The molecular weight excluding hydrogens is 218 g/mol. The second-order valence-corrected chi connectivity index (χ2v) is 3.87. The molecule has 1 unspecified atom stereocenters. The molecule has 0 aliphatic heterocycles. The number of rotatable bonds is 4. The Morgan fingerprint density at radius 3 is 2.47 bits per heavy atom. The van der Waals surface area contributed by atoms with Crippen LogP contribution in [0.5, 0.6) is 0 Å². The van der Waals surface area contributed by atoms with Gasteiger partial charge in [0.15, 0.2) is 0 Å². The van der Waals surface area contributed by atoms with Crippen LogP contribution >= 0.6 is 0 Å². The van der Waals surface area contributed by atoms with Gasteiger partial charge in [0, 0.05) is 0 Å². The number of ether oxygens (including phenoxy) is 1. The second kappa shape index (κ2) is 4.95. The van der Waals surface area contributed by atoms with Gasteiger partial charge in [0.25, 0.3) is 0 Å². The second-order valence-electron chi connectivity index (χ2n) is 3.87. The number of carbonyl (C=O) groups is 1. The lowest BCUT2D eigenvalue weighted by atomic mass is 10.2. The zero-order valence-corrected chi connectivity index (χ0v) is 9.96. The van der Waals surface area contributed by atoms with Crippen LogP contribution in [0.3, 0.4) is 0 Å². The van der Waals surface area contributed by atoms with Crippen molar-refractivity contribution in [3.63, 3.8) is 0 Å². The first kappa shape index (κ1) is 11.6. The summed E-state index contributed by atoms with van der Waals surface area (Å²) >= 11 is 0. The van der Waals surface area contributed by atoms with E-state index in [-0.39, 0.29) is 18.4 Å². The molecule has 0 bridgehead atoms. The van der Waals surface area contributed by atoms with Crippen LogP contribution in [-0.4, -0.2) is 27.6 Å². The fraction of sp³-hybridized carbons (Fsp3) is 0.417. The van der Waals surface area contributed by atoms with E-state index in [0.717, 1.165) is 11.0 Å². The largest absolute Gasteiger partial charge is 0.466 e. The average molecular weight is 233 g/mol. The Hall–Kier alpha value is -1.91. The van der Waals surface area contributed by atoms with Crippen LogP contribution in [0.1, 0.15) is 26.3 Å². The Kier molecular flexibility index (Phi) is 3.37. The van der Waals surface area contributed by atoms with E-state index in [1.807, 2.05) is 31.2 Å². The highest BCUT2D eigenvalue weighted by molar-refractivity contribution is 5.73. The van der Waals surface area contributed by atoms with Gasteiger partial charge >= 0.3 is 5.97 Å². The van der Waals surface area contributed by atoms with Crippen molar-refractivity contribution in [2.24, 2.45) is 0 Å². The first-order chi connectivity index (χ1) is 8.20. The summed E-state index contributed by atoms with van der Waals surface area (Å²) in [5, 5.41) is 8.65. The molecule has 2 rings (SSSR count). The van der Waals surface area contributed by atoms with Crippen LogP contribution in [0.2, 0.25) is 0 Å². The van der Waals surface area contributed by atoms with Crippen molar-refractivity contribution >= 4 is 17.0 Å². The van der Waals surface area contributed by atoms with Crippen molar-refractivity contribution in [2.75, 3.05) is 6.61 Å². The quantitative estimate of drug-likeness (QED) is 0.757. The predicted molar refractivity (Wildman–Crippen MR) is 63.5 cm³/mol. The number of carbonyl (C=O) groups excluding carboxylic acids is 1. The van der Waals surface area contributed by atoms with E-state index in [9.17, 15) is 4.79 Å². The van der Waals surface area contributed by atoms with Crippen molar-refractivity contribution in [3.8, 4) is 0 Å². The Morgan fingerprint density at radius 1 is 1.35 bits per heavy atom. The molecule has 90 valence electrons. The van der Waals surface area contributed by atoms with Crippen LogP contribution in [0.25, 0.3) is 11.0 Å². The van der Waals surface area contributed by atoms with E-state index in [1.165, 1.54) is 0 Å². The third-order valence-corrected chi connectivity index (χ3v) is 2.46. The maximum Gasteiger partial charge on any atom is 0.308 e. The predicted octanol–water partition coefficient (Wildman–Crippen LogP) is 1.95. The van der Waals surface area contributed by atoms with Crippen LogP contribution in [0.4, 0.5) is 0 Å². The summed E-state index contributed by atoms with van der Waals surface area (Å²) in [4.78, 5) is 12.9. The van der Waals surface area contributed by atoms with Crippen molar-refractivity contribution in [3.05, 3.63) is 24.3 Å². The van der Waals surface area contributed by atoms with E-state index in [1.54, 1.807) is 11.7 Å². The van der Waals surface area contributed by atoms with E-state index in [2.05, 4.69) is 10.2 Å². The maximum absolute atomic E-state index is 11.4. The number of aromatic nitrogens is 3. The molecule has 1 aromatic heterocycles. The zero-order valence-electron chi connectivity index (χ0n) is 9.96. The number of nitrogens with zero attached hydrogens (tertiary/aromatic N) is 3. The van der Waals surface area contributed by atoms with E-state index in [0.29, 0.717) is 6.61 Å². The van der Waals surface area contributed by atoms with Crippen LogP contribution in [-0.2, 0) is 9.53 Å². The van der Waals surface area contributed by atoms with Crippen molar-refractivity contribution in [1.29, 1.82) is 0 Å². The fourth-order valence-corrected chi connectivity index (χ4v) is 1.62. The first-order valence-corrected chi connectivity index (χ1v) is 5.68. The molecule has 5 nitrogen and oxygen atoms in total. The normalized spacial score (nSPS) is 12.6. The SMILES string of the molecule is CCOC(=O)CC(C)n1nc2ccccc2n1. The molecule has 2 aromatic rings. The van der Waals surface area contributed by atoms with Gasteiger partial charge in [-0.3, -0.25) is 4.79 Å². The van der Waals surface area contributed by atoms with Gasteiger partial charge in [0.1, 0.15) is 11.0 Å². The van der Waals surface area contributed by atoms with Gasteiger partial charge < -0.3 is 4.74 Å². The number of esters is 1. The van der Waals surface area contributed by atoms with E-state index >= 15 is 0 Å². The topological polar surface area (TPSA) is 57.0 Å². The van der Waals surface area contributed by atoms with Gasteiger partial charge in [0.2, 0.25) is 0 Å². The lowest BCUT2D eigenvalue weighted by Gasteiger charge is -2.09. The lowest BCUT2D eigenvalue weighted by Crippen LogP contribution is -2.15. The molecule has 0 amide bonds. The molecule has 1 atom stereocenters. The van der Waals surface area contributed by atoms with Crippen molar-refractivity contribution in [1.82, 2.24) is 15.0 Å². The molecule has 0 radical (unpaired) electrons. The molecule has 1 aromatic carbocycles. The number of hydrogen-bond acceptors (Lipinski definition) is 4. The standard InChI is InChI=1S/C12H15N3O2/c1-3-17-12(16)8-9(2)15-13-10-6-4-5-7-11(10)14-15/h4-7,9H,3,8H2,1-2H3. The maximum atomic E-state index is 11.4. The average Bonchev–Trinajstić information content (AvgIpc) is 2.72. The minimum atomic E-state index is -0.221. The molecule has 0 fully saturated rings. The summed E-state index contributed by atoms with van der Waals surface area (Å²) in [6.45, 7) is 4.10. The van der Waals surface area contributed by atoms with Crippen LogP contribution in [0.15, 0.2) is 24.3 Å². The third-order valence-electron chi connectivity index (χ3n) is 2.46. The van der Waals surface area contributed by atoms with Crippen molar-refractivity contribution < 1.29 is 9.53 Å². The Bertz CT molecular complexity index is 488. The smallest absolute Gasteiger partial charge is 0.308 e. The van der Waals surface area contributed by atoms with Gasteiger partial charge in [0.05, 0.1) is 19.1 Å². The molecule has 0 N–H and O–H groups in total. The minimum absolute atomic E-state index is 0.0959. The highest BCUT2D eigenvalue weighted by Crippen LogP contribution is 2.13. The van der Waals surface area contributed by atoms with E-state index < -0.39 is 0 Å². The summed E-state index contributed by atoms with van der Waals surface area (Å²) in [6, 6.07) is 7.53. The summed E-state index contributed by atoms with van der Waals surface area (Å²) in [5.74, 6) is -0.221. The van der Waals surface area contributed by atoms with Gasteiger partial charge in [-0.25, -0.2) is 0 Å². The highest BCUT2D eigenvalue weighted by atomic mass is 16.5. The fourth-order valence-electron chi connectivity index (χ4n) is 1.62. The summed E-state index contributed by atoms with van der Waals surface area (Å²) in [6.07, 6.45) is 0.287. The monoisotopic (exact) mass is 233 g/mol. The minimum Gasteiger partial charge on any atom is -0.466 e. The molecule has 0 aliphatic rings. The molecule has 0 saturated carbocycles. The van der Waals surface area contributed by atoms with Gasteiger partial charge in [-0.05, 0) is 26.0 Å². The molecule has 5 heteroatoms. The summed E-state index contributed by atoms with van der Waals surface area (Å²) in [7, 11) is 0. The van der Waals surface area contributed by atoms with Gasteiger partial charge in [-0.2, -0.15) is 15.0 Å². The highest BCUT2D eigenvalue weighted by Gasteiger charge is 2.14. The first-order valence-electron chi connectivity index (χ1n) is 5.68. The summed E-state index contributed by atoms with van der Waals surface area (Å²) in [5.41, 5.74) is 1.67. The molecule has 0 spiro atoms. The Morgan fingerprint density at radius 2 is 1.94 bits per heavy atom. The number of benzene rings is 1. The van der Waals surface area contributed by atoms with Gasteiger partial charge in [-0.1, -0.05) is 12.1 Å². The Balaban J connectivity index is 2.13. The molecule has 0 aliphatic carbocycles. The molecule has 17 heavy (non-hydrogen) atoms. The third kappa shape index (κ3) is 2.61. The molecule has 0 saturated heterocycles.